The first-order chi connectivity index (χ1) is 11.8. The highest BCUT2D eigenvalue weighted by Gasteiger charge is 2.22. The van der Waals surface area contributed by atoms with Crippen LogP contribution in [0.3, 0.4) is 0 Å². The van der Waals surface area contributed by atoms with Crippen LogP contribution in [0.5, 0.6) is 11.5 Å². The molecule has 2 saturated carbocycles. The van der Waals surface area contributed by atoms with Crippen LogP contribution in [0.4, 0.5) is 0 Å². The normalized spacial score (nSPS) is 17.8. The van der Waals surface area contributed by atoms with E-state index < -0.39 is 0 Å². The Morgan fingerprint density at radius 2 is 1.92 bits per heavy atom. The third kappa shape index (κ3) is 6.24. The van der Waals surface area contributed by atoms with E-state index in [1.54, 1.807) is 7.11 Å². The van der Waals surface area contributed by atoms with Crippen LogP contribution < -0.4 is 20.1 Å². The minimum absolute atomic E-state index is 0. The number of hydrogen-bond acceptors (Lipinski definition) is 3. The maximum absolute atomic E-state index is 6.16. The molecule has 0 radical (unpaired) electrons. The van der Waals surface area contributed by atoms with Gasteiger partial charge in [0.25, 0.3) is 0 Å². The summed E-state index contributed by atoms with van der Waals surface area (Å²) in [4.78, 5) is 4.69. The number of halogens is 1. The lowest BCUT2D eigenvalue weighted by Crippen LogP contribution is -2.38. The Kier molecular flexibility index (Phi) is 8.12. The van der Waals surface area contributed by atoms with Crippen molar-refractivity contribution in [2.75, 3.05) is 13.7 Å². The molecule has 140 valence electrons. The van der Waals surface area contributed by atoms with Gasteiger partial charge in [0.05, 0.1) is 19.8 Å². The number of ether oxygens (including phenoxy) is 2. The van der Waals surface area contributed by atoms with Gasteiger partial charge in [-0.25, -0.2) is 4.99 Å². The van der Waals surface area contributed by atoms with Crippen LogP contribution in [0.25, 0.3) is 0 Å². The second kappa shape index (κ2) is 10.1. The molecule has 0 aliphatic heterocycles. The minimum atomic E-state index is 0. The van der Waals surface area contributed by atoms with E-state index in [4.69, 9.17) is 14.5 Å². The van der Waals surface area contributed by atoms with Gasteiger partial charge in [-0.3, -0.25) is 0 Å². The SMILES string of the molecule is CCNC(=NCc1ccc(OC)c(OC2CCCC2)c1)NC1CC1.I. The number of hydrogen-bond donors (Lipinski definition) is 2. The van der Waals surface area contributed by atoms with Crippen LogP contribution in [0, 0.1) is 0 Å². The summed E-state index contributed by atoms with van der Waals surface area (Å²) in [6.45, 7) is 3.59. The fraction of sp³-hybridized carbons (Fsp3) is 0.632. The van der Waals surface area contributed by atoms with Crippen LogP contribution in [-0.4, -0.2) is 31.8 Å². The molecule has 2 aliphatic rings. The predicted octanol–water partition coefficient (Wildman–Crippen LogP) is 3.85. The summed E-state index contributed by atoms with van der Waals surface area (Å²) in [5.41, 5.74) is 1.14. The number of nitrogens with zero attached hydrogens (tertiary/aromatic N) is 1. The third-order valence-electron chi connectivity index (χ3n) is 4.51. The number of nitrogens with one attached hydrogen (secondary N) is 2. The smallest absolute Gasteiger partial charge is 0.191 e. The van der Waals surface area contributed by atoms with Crippen LogP contribution in [0.2, 0.25) is 0 Å². The largest absolute Gasteiger partial charge is 0.493 e. The van der Waals surface area contributed by atoms with Crippen LogP contribution in [-0.2, 0) is 6.54 Å². The quantitative estimate of drug-likeness (QED) is 0.370. The van der Waals surface area contributed by atoms with E-state index in [1.807, 2.05) is 6.07 Å². The van der Waals surface area contributed by atoms with Gasteiger partial charge in [0, 0.05) is 12.6 Å². The van der Waals surface area contributed by atoms with Crippen molar-refractivity contribution >= 4 is 29.9 Å². The Bertz CT molecular complexity index is 570. The van der Waals surface area contributed by atoms with Gasteiger partial charge in [0.2, 0.25) is 0 Å². The number of methoxy groups -OCH3 is 1. The molecule has 25 heavy (non-hydrogen) atoms. The molecular formula is C19H30IN3O2. The third-order valence-corrected chi connectivity index (χ3v) is 4.51. The average Bonchev–Trinajstić information content (AvgIpc) is 3.26. The van der Waals surface area contributed by atoms with Gasteiger partial charge >= 0.3 is 0 Å². The molecule has 0 heterocycles. The van der Waals surface area contributed by atoms with Gasteiger partial charge in [0.1, 0.15) is 0 Å². The molecule has 0 aromatic heterocycles. The van der Waals surface area contributed by atoms with Crippen LogP contribution in [0.15, 0.2) is 23.2 Å². The van der Waals surface area contributed by atoms with Crippen molar-refractivity contribution in [1.29, 1.82) is 0 Å². The minimum Gasteiger partial charge on any atom is -0.493 e. The lowest BCUT2D eigenvalue weighted by molar-refractivity contribution is 0.200. The highest BCUT2D eigenvalue weighted by molar-refractivity contribution is 14.0. The molecule has 2 aliphatic carbocycles. The molecule has 0 unspecified atom stereocenters. The summed E-state index contributed by atoms with van der Waals surface area (Å²) < 4.78 is 11.6. The van der Waals surface area contributed by atoms with Gasteiger partial charge in [-0.15, -0.1) is 24.0 Å². The molecule has 0 spiro atoms. The zero-order valence-corrected chi connectivity index (χ0v) is 17.5. The van der Waals surface area contributed by atoms with Crippen molar-refractivity contribution in [1.82, 2.24) is 10.6 Å². The van der Waals surface area contributed by atoms with Crippen molar-refractivity contribution < 1.29 is 9.47 Å². The Morgan fingerprint density at radius 1 is 1.16 bits per heavy atom. The van der Waals surface area contributed by atoms with E-state index in [0.717, 1.165) is 42.4 Å². The van der Waals surface area contributed by atoms with Crippen molar-refractivity contribution in [3.05, 3.63) is 23.8 Å². The summed E-state index contributed by atoms with van der Waals surface area (Å²) in [5.74, 6) is 2.55. The second-order valence-corrected chi connectivity index (χ2v) is 6.62. The molecule has 0 bridgehead atoms. The van der Waals surface area contributed by atoms with Crippen LogP contribution >= 0.6 is 24.0 Å². The lowest BCUT2D eigenvalue weighted by Gasteiger charge is -2.17. The van der Waals surface area contributed by atoms with E-state index >= 15 is 0 Å². The van der Waals surface area contributed by atoms with E-state index in [1.165, 1.54) is 25.7 Å². The first-order valence-corrected chi connectivity index (χ1v) is 9.17. The highest BCUT2D eigenvalue weighted by Crippen LogP contribution is 2.32. The average molecular weight is 459 g/mol. The Labute approximate surface area is 168 Å². The number of benzene rings is 1. The lowest BCUT2D eigenvalue weighted by atomic mass is 10.2. The zero-order valence-electron chi connectivity index (χ0n) is 15.2. The first-order valence-electron chi connectivity index (χ1n) is 9.17. The summed E-state index contributed by atoms with van der Waals surface area (Å²) in [6.07, 6.45) is 7.61. The standard InChI is InChI=1S/C19H29N3O2.HI/c1-3-20-19(22-15-9-10-15)21-13-14-8-11-17(23-2)18(12-14)24-16-6-4-5-7-16;/h8,11-12,15-16H,3-7,9-10,13H2,1-2H3,(H2,20,21,22);1H. The zero-order chi connectivity index (χ0) is 16.8. The molecule has 2 N–H and O–H groups in total. The monoisotopic (exact) mass is 459 g/mol. The predicted molar refractivity (Wildman–Crippen MR) is 112 cm³/mol. The molecule has 0 atom stereocenters. The fourth-order valence-corrected chi connectivity index (χ4v) is 3.01. The maximum atomic E-state index is 6.16. The molecule has 1 aromatic carbocycles. The number of aliphatic imine (C=N–C) groups is 1. The van der Waals surface area contributed by atoms with Crippen LogP contribution in [0.1, 0.15) is 51.0 Å². The van der Waals surface area contributed by atoms with E-state index in [-0.39, 0.29) is 24.0 Å². The maximum Gasteiger partial charge on any atom is 0.191 e. The van der Waals surface area contributed by atoms with E-state index in [2.05, 4.69) is 29.7 Å². The van der Waals surface area contributed by atoms with E-state index in [9.17, 15) is 0 Å². The summed E-state index contributed by atoms with van der Waals surface area (Å²) >= 11 is 0. The van der Waals surface area contributed by atoms with Gasteiger partial charge in [-0.05, 0) is 63.1 Å². The summed E-state index contributed by atoms with van der Waals surface area (Å²) in [7, 11) is 1.69. The van der Waals surface area contributed by atoms with Gasteiger partial charge in [0.15, 0.2) is 17.5 Å². The van der Waals surface area contributed by atoms with Crippen molar-refractivity contribution in [2.24, 2.45) is 4.99 Å². The van der Waals surface area contributed by atoms with Crippen molar-refractivity contribution in [3.8, 4) is 11.5 Å². The molecule has 3 rings (SSSR count). The molecule has 6 heteroatoms. The van der Waals surface area contributed by atoms with Crippen molar-refractivity contribution in [2.45, 2.75) is 64.1 Å². The second-order valence-electron chi connectivity index (χ2n) is 6.62. The Balaban J connectivity index is 0.00000225. The van der Waals surface area contributed by atoms with E-state index in [0.29, 0.717) is 18.7 Å². The molecule has 2 fully saturated rings. The Hall–Kier alpha value is -1.18. The molecule has 0 saturated heterocycles. The topological polar surface area (TPSA) is 54.9 Å². The molecule has 0 amide bonds. The van der Waals surface area contributed by atoms with Gasteiger partial charge < -0.3 is 20.1 Å². The summed E-state index contributed by atoms with van der Waals surface area (Å²) in [5, 5.41) is 6.74. The molecule has 1 aromatic rings. The number of rotatable bonds is 7. The highest BCUT2D eigenvalue weighted by atomic mass is 127. The number of guanidine groups is 1. The Morgan fingerprint density at radius 3 is 2.56 bits per heavy atom. The van der Waals surface area contributed by atoms with Gasteiger partial charge in [-0.1, -0.05) is 6.07 Å². The molecular weight excluding hydrogens is 429 g/mol. The van der Waals surface area contributed by atoms with Gasteiger partial charge in [-0.2, -0.15) is 0 Å². The van der Waals surface area contributed by atoms with Crippen molar-refractivity contribution in [3.63, 3.8) is 0 Å². The fourth-order valence-electron chi connectivity index (χ4n) is 3.01. The first kappa shape index (κ1) is 20.1. The summed E-state index contributed by atoms with van der Waals surface area (Å²) in [6, 6.07) is 6.71. The molecule has 5 nitrogen and oxygen atoms in total.